The van der Waals surface area contributed by atoms with E-state index in [1.807, 2.05) is 29.1 Å². The van der Waals surface area contributed by atoms with Crippen LogP contribution in [0.1, 0.15) is 37.4 Å². The SMILES string of the molecule is CCCn1cc(CN[C@@H](C)c2ccccc2OC)cn1. The predicted molar refractivity (Wildman–Crippen MR) is 80.8 cm³/mol. The van der Waals surface area contributed by atoms with Crippen LogP contribution in [0.3, 0.4) is 0 Å². The van der Waals surface area contributed by atoms with Crippen LogP contribution in [0.15, 0.2) is 36.7 Å². The third kappa shape index (κ3) is 3.61. The maximum absolute atomic E-state index is 5.40. The number of nitrogens with zero attached hydrogens (tertiary/aromatic N) is 2. The molecular weight excluding hydrogens is 250 g/mol. The van der Waals surface area contributed by atoms with Gasteiger partial charge in [-0.05, 0) is 19.4 Å². The molecule has 0 fully saturated rings. The number of rotatable bonds is 7. The minimum Gasteiger partial charge on any atom is -0.496 e. The van der Waals surface area contributed by atoms with Gasteiger partial charge in [0, 0.05) is 36.5 Å². The Morgan fingerprint density at radius 1 is 1.35 bits per heavy atom. The van der Waals surface area contributed by atoms with Crippen LogP contribution in [-0.4, -0.2) is 16.9 Å². The number of methoxy groups -OCH3 is 1. The van der Waals surface area contributed by atoms with Crippen LogP contribution in [0, 0.1) is 0 Å². The summed E-state index contributed by atoms with van der Waals surface area (Å²) in [5.74, 6) is 0.925. The number of para-hydroxylation sites is 1. The summed E-state index contributed by atoms with van der Waals surface area (Å²) >= 11 is 0. The lowest BCUT2D eigenvalue weighted by molar-refractivity contribution is 0.401. The van der Waals surface area contributed by atoms with Crippen molar-refractivity contribution < 1.29 is 4.74 Å². The van der Waals surface area contributed by atoms with Gasteiger partial charge in [0.2, 0.25) is 0 Å². The molecule has 1 aromatic heterocycles. The number of benzene rings is 1. The van der Waals surface area contributed by atoms with Gasteiger partial charge in [0.05, 0.1) is 13.3 Å². The first-order valence-corrected chi connectivity index (χ1v) is 7.12. The zero-order valence-corrected chi connectivity index (χ0v) is 12.5. The van der Waals surface area contributed by atoms with E-state index in [2.05, 4.69) is 36.5 Å². The van der Waals surface area contributed by atoms with Crippen molar-refractivity contribution in [3.63, 3.8) is 0 Å². The smallest absolute Gasteiger partial charge is 0.123 e. The second-order valence-corrected chi connectivity index (χ2v) is 4.96. The molecule has 0 aliphatic rings. The average Bonchev–Trinajstić information content (AvgIpc) is 2.93. The Morgan fingerprint density at radius 2 is 2.15 bits per heavy atom. The molecule has 0 saturated heterocycles. The fourth-order valence-electron chi connectivity index (χ4n) is 2.25. The van der Waals surface area contributed by atoms with Crippen molar-refractivity contribution in [1.82, 2.24) is 15.1 Å². The van der Waals surface area contributed by atoms with Gasteiger partial charge in [0.1, 0.15) is 5.75 Å². The highest BCUT2D eigenvalue weighted by Gasteiger charge is 2.10. The maximum atomic E-state index is 5.40. The third-order valence-corrected chi connectivity index (χ3v) is 3.36. The molecule has 1 N–H and O–H groups in total. The molecule has 0 spiro atoms. The Kier molecular flexibility index (Phi) is 5.18. The van der Waals surface area contributed by atoms with Gasteiger partial charge in [-0.1, -0.05) is 25.1 Å². The van der Waals surface area contributed by atoms with Crippen LogP contribution in [0.5, 0.6) is 5.75 Å². The molecule has 0 unspecified atom stereocenters. The van der Waals surface area contributed by atoms with Gasteiger partial charge in [-0.3, -0.25) is 4.68 Å². The number of ether oxygens (including phenoxy) is 1. The second-order valence-electron chi connectivity index (χ2n) is 4.96. The highest BCUT2D eigenvalue weighted by molar-refractivity contribution is 5.35. The van der Waals surface area contributed by atoms with E-state index in [9.17, 15) is 0 Å². The highest BCUT2D eigenvalue weighted by atomic mass is 16.5. The summed E-state index contributed by atoms with van der Waals surface area (Å²) in [7, 11) is 1.71. The minimum atomic E-state index is 0.237. The summed E-state index contributed by atoms with van der Waals surface area (Å²) in [6.45, 7) is 6.09. The number of hydrogen-bond acceptors (Lipinski definition) is 3. The lowest BCUT2D eigenvalue weighted by atomic mass is 10.1. The molecule has 2 aromatic rings. The normalized spacial score (nSPS) is 12.3. The van der Waals surface area contributed by atoms with Crippen LogP contribution < -0.4 is 10.1 Å². The molecule has 4 heteroatoms. The van der Waals surface area contributed by atoms with E-state index in [1.54, 1.807) is 7.11 Å². The quantitative estimate of drug-likeness (QED) is 0.842. The van der Waals surface area contributed by atoms with Gasteiger partial charge in [0.15, 0.2) is 0 Å². The van der Waals surface area contributed by atoms with Gasteiger partial charge < -0.3 is 10.1 Å². The molecule has 0 aliphatic carbocycles. The maximum Gasteiger partial charge on any atom is 0.123 e. The van der Waals surface area contributed by atoms with E-state index in [1.165, 1.54) is 11.1 Å². The van der Waals surface area contributed by atoms with Crippen molar-refractivity contribution in [2.75, 3.05) is 7.11 Å². The van der Waals surface area contributed by atoms with Crippen molar-refractivity contribution in [2.24, 2.45) is 0 Å². The van der Waals surface area contributed by atoms with E-state index in [0.29, 0.717) is 0 Å². The van der Waals surface area contributed by atoms with E-state index < -0.39 is 0 Å². The van der Waals surface area contributed by atoms with E-state index in [0.717, 1.165) is 25.3 Å². The van der Waals surface area contributed by atoms with E-state index in [-0.39, 0.29) is 6.04 Å². The first-order chi connectivity index (χ1) is 9.74. The van der Waals surface area contributed by atoms with Crippen molar-refractivity contribution >= 4 is 0 Å². The second kappa shape index (κ2) is 7.10. The number of nitrogens with one attached hydrogen (secondary N) is 1. The molecule has 0 aliphatic heterocycles. The number of aryl methyl sites for hydroxylation is 1. The molecule has 4 nitrogen and oxygen atoms in total. The van der Waals surface area contributed by atoms with Crippen molar-refractivity contribution in [3.8, 4) is 5.75 Å². The molecule has 1 heterocycles. The Labute approximate surface area is 120 Å². The molecule has 0 bridgehead atoms. The first kappa shape index (κ1) is 14.6. The van der Waals surface area contributed by atoms with Crippen LogP contribution in [0.4, 0.5) is 0 Å². The van der Waals surface area contributed by atoms with Gasteiger partial charge in [-0.25, -0.2) is 0 Å². The molecule has 108 valence electrons. The van der Waals surface area contributed by atoms with Gasteiger partial charge in [-0.15, -0.1) is 0 Å². The fourth-order valence-corrected chi connectivity index (χ4v) is 2.25. The number of aromatic nitrogens is 2. The largest absolute Gasteiger partial charge is 0.496 e. The predicted octanol–water partition coefficient (Wildman–Crippen LogP) is 3.15. The molecule has 2 rings (SSSR count). The van der Waals surface area contributed by atoms with Gasteiger partial charge >= 0.3 is 0 Å². The lowest BCUT2D eigenvalue weighted by Crippen LogP contribution is -2.18. The molecule has 1 atom stereocenters. The molecule has 1 aromatic carbocycles. The molecule has 0 radical (unpaired) electrons. The van der Waals surface area contributed by atoms with Crippen molar-refractivity contribution in [3.05, 3.63) is 47.8 Å². The Morgan fingerprint density at radius 3 is 2.90 bits per heavy atom. The topological polar surface area (TPSA) is 39.1 Å². The standard InChI is InChI=1S/C16H23N3O/c1-4-9-19-12-14(11-18-19)10-17-13(2)15-7-5-6-8-16(15)20-3/h5-8,11-13,17H,4,9-10H2,1-3H3/t13-/m0/s1. The monoisotopic (exact) mass is 273 g/mol. The minimum absolute atomic E-state index is 0.237. The summed E-state index contributed by atoms with van der Waals surface area (Å²) in [6.07, 6.45) is 5.13. The van der Waals surface area contributed by atoms with Crippen LogP contribution in [0.25, 0.3) is 0 Å². The molecule has 0 amide bonds. The van der Waals surface area contributed by atoms with Crippen molar-refractivity contribution in [2.45, 2.75) is 39.4 Å². The zero-order valence-electron chi connectivity index (χ0n) is 12.5. The van der Waals surface area contributed by atoms with Crippen LogP contribution in [0.2, 0.25) is 0 Å². The summed E-state index contributed by atoms with van der Waals surface area (Å²) in [4.78, 5) is 0. The Bertz CT molecular complexity index is 536. The molecular formula is C16H23N3O. The Hall–Kier alpha value is -1.81. The number of hydrogen-bond donors (Lipinski definition) is 1. The van der Waals surface area contributed by atoms with E-state index >= 15 is 0 Å². The van der Waals surface area contributed by atoms with Crippen LogP contribution >= 0.6 is 0 Å². The third-order valence-electron chi connectivity index (χ3n) is 3.36. The van der Waals surface area contributed by atoms with Crippen molar-refractivity contribution in [1.29, 1.82) is 0 Å². The summed E-state index contributed by atoms with van der Waals surface area (Å²) in [5.41, 5.74) is 2.39. The Balaban J connectivity index is 1.95. The average molecular weight is 273 g/mol. The fraction of sp³-hybridized carbons (Fsp3) is 0.438. The summed E-state index contributed by atoms with van der Waals surface area (Å²) < 4.78 is 7.39. The highest BCUT2D eigenvalue weighted by Crippen LogP contribution is 2.24. The zero-order chi connectivity index (χ0) is 14.4. The first-order valence-electron chi connectivity index (χ1n) is 7.12. The van der Waals surface area contributed by atoms with E-state index in [4.69, 9.17) is 4.74 Å². The summed E-state index contributed by atoms with van der Waals surface area (Å²) in [6, 6.07) is 8.35. The molecule has 20 heavy (non-hydrogen) atoms. The lowest BCUT2D eigenvalue weighted by Gasteiger charge is -2.16. The molecule has 0 saturated carbocycles. The van der Waals surface area contributed by atoms with Crippen LogP contribution in [-0.2, 0) is 13.1 Å². The van der Waals surface area contributed by atoms with Gasteiger partial charge in [0.25, 0.3) is 0 Å². The summed E-state index contributed by atoms with van der Waals surface area (Å²) in [5, 5.41) is 7.85. The van der Waals surface area contributed by atoms with Gasteiger partial charge in [-0.2, -0.15) is 5.10 Å².